The van der Waals surface area contributed by atoms with E-state index in [9.17, 15) is 14.0 Å². The average molecular weight is 338 g/mol. The van der Waals surface area contributed by atoms with Gasteiger partial charge < -0.3 is 9.88 Å². The largest absolute Gasteiger partial charge is 0.335 e. The van der Waals surface area contributed by atoms with Crippen LogP contribution in [-0.4, -0.2) is 16.8 Å². The summed E-state index contributed by atoms with van der Waals surface area (Å²) in [5.41, 5.74) is 3.79. The molecule has 1 unspecified atom stereocenters. The third kappa shape index (κ3) is 3.18. The first kappa shape index (κ1) is 16.9. The predicted molar refractivity (Wildman–Crippen MR) is 96.5 cm³/mol. The van der Waals surface area contributed by atoms with Crippen LogP contribution in [0.2, 0.25) is 0 Å². The number of hydrogen-bond acceptors (Lipinski definition) is 2. The molecular formula is C20H19FN2O2. The molecule has 1 aromatic heterocycles. The third-order valence-electron chi connectivity index (χ3n) is 4.40. The fraction of sp³-hybridized carbons (Fsp3) is 0.200. The molecule has 0 bridgehead atoms. The SMILES string of the molecule is Cc1ccc(C)c(NC(=O)C(C)n2cc(C=O)c3cc(F)ccc32)c1. The number of halogens is 1. The van der Waals surface area contributed by atoms with E-state index in [0.717, 1.165) is 16.8 Å². The monoisotopic (exact) mass is 338 g/mol. The maximum absolute atomic E-state index is 13.5. The number of nitrogens with one attached hydrogen (secondary N) is 1. The number of aryl methyl sites for hydroxylation is 2. The lowest BCUT2D eigenvalue weighted by Gasteiger charge is -2.17. The van der Waals surface area contributed by atoms with Gasteiger partial charge in [0.05, 0.1) is 0 Å². The molecule has 1 N–H and O–H groups in total. The van der Waals surface area contributed by atoms with Crippen molar-refractivity contribution in [2.45, 2.75) is 26.8 Å². The molecule has 0 aliphatic carbocycles. The molecule has 3 rings (SSSR count). The van der Waals surface area contributed by atoms with Crippen LogP contribution in [0.3, 0.4) is 0 Å². The molecule has 5 heteroatoms. The summed E-state index contributed by atoms with van der Waals surface area (Å²) in [4.78, 5) is 24.0. The summed E-state index contributed by atoms with van der Waals surface area (Å²) in [5.74, 6) is -0.617. The topological polar surface area (TPSA) is 51.1 Å². The maximum atomic E-state index is 13.5. The van der Waals surface area contributed by atoms with E-state index in [-0.39, 0.29) is 5.91 Å². The summed E-state index contributed by atoms with van der Waals surface area (Å²) in [6, 6.07) is 9.52. The summed E-state index contributed by atoms with van der Waals surface area (Å²) in [6.07, 6.45) is 2.26. The molecule has 0 aliphatic heterocycles. The number of aromatic nitrogens is 1. The summed E-state index contributed by atoms with van der Waals surface area (Å²) in [6.45, 7) is 5.64. The number of rotatable bonds is 4. The second kappa shape index (κ2) is 6.51. The second-order valence-corrected chi connectivity index (χ2v) is 6.25. The van der Waals surface area contributed by atoms with Gasteiger partial charge in [-0.05, 0) is 56.2 Å². The van der Waals surface area contributed by atoms with E-state index < -0.39 is 11.9 Å². The van der Waals surface area contributed by atoms with Gasteiger partial charge in [0.15, 0.2) is 6.29 Å². The van der Waals surface area contributed by atoms with Gasteiger partial charge in [-0.3, -0.25) is 9.59 Å². The number of aldehydes is 1. The van der Waals surface area contributed by atoms with Gasteiger partial charge >= 0.3 is 0 Å². The molecule has 0 saturated heterocycles. The highest BCUT2D eigenvalue weighted by atomic mass is 19.1. The predicted octanol–water partition coefficient (Wildman–Crippen LogP) is 4.41. The number of carbonyl (C=O) groups excluding carboxylic acids is 2. The van der Waals surface area contributed by atoms with Crippen molar-refractivity contribution in [2.24, 2.45) is 0 Å². The molecule has 2 aromatic carbocycles. The van der Waals surface area contributed by atoms with Gasteiger partial charge in [0.2, 0.25) is 5.91 Å². The molecule has 0 radical (unpaired) electrons. The van der Waals surface area contributed by atoms with E-state index in [1.165, 1.54) is 12.1 Å². The standard InChI is InChI=1S/C20H19FN2O2/c1-12-4-5-13(2)18(8-12)22-20(25)14(3)23-10-15(11-24)17-9-16(21)6-7-19(17)23/h4-11,14H,1-3H3,(H,22,25). The Hall–Kier alpha value is -2.95. The van der Waals surface area contributed by atoms with Crippen LogP contribution in [0.25, 0.3) is 10.9 Å². The lowest BCUT2D eigenvalue weighted by atomic mass is 10.1. The zero-order chi connectivity index (χ0) is 18.1. The van der Waals surface area contributed by atoms with Crippen LogP contribution >= 0.6 is 0 Å². The van der Waals surface area contributed by atoms with Crippen LogP contribution in [-0.2, 0) is 4.79 Å². The number of benzene rings is 2. The molecule has 25 heavy (non-hydrogen) atoms. The number of hydrogen-bond donors (Lipinski definition) is 1. The molecule has 0 spiro atoms. The molecule has 1 heterocycles. The van der Waals surface area contributed by atoms with Gasteiger partial charge in [-0.25, -0.2) is 4.39 Å². The van der Waals surface area contributed by atoms with Gasteiger partial charge in [0.1, 0.15) is 11.9 Å². The second-order valence-electron chi connectivity index (χ2n) is 6.25. The van der Waals surface area contributed by atoms with Crippen molar-refractivity contribution in [3.63, 3.8) is 0 Å². The van der Waals surface area contributed by atoms with Crippen LogP contribution in [0.15, 0.2) is 42.6 Å². The van der Waals surface area contributed by atoms with Gasteiger partial charge in [-0.1, -0.05) is 12.1 Å². The Bertz CT molecular complexity index is 975. The fourth-order valence-corrected chi connectivity index (χ4v) is 2.90. The van der Waals surface area contributed by atoms with E-state index in [4.69, 9.17) is 0 Å². The van der Waals surface area contributed by atoms with Crippen LogP contribution in [0.4, 0.5) is 10.1 Å². The van der Waals surface area contributed by atoms with Crippen molar-refractivity contribution in [1.82, 2.24) is 4.57 Å². The molecule has 0 aliphatic rings. The van der Waals surface area contributed by atoms with Crippen molar-refractivity contribution in [3.05, 3.63) is 65.1 Å². The van der Waals surface area contributed by atoms with Crippen molar-refractivity contribution < 1.29 is 14.0 Å². The Morgan fingerprint density at radius 3 is 2.68 bits per heavy atom. The Morgan fingerprint density at radius 2 is 1.96 bits per heavy atom. The maximum Gasteiger partial charge on any atom is 0.247 e. The molecule has 3 aromatic rings. The zero-order valence-electron chi connectivity index (χ0n) is 14.3. The van der Waals surface area contributed by atoms with Crippen LogP contribution in [0.1, 0.15) is 34.5 Å². The van der Waals surface area contributed by atoms with Gasteiger partial charge in [-0.15, -0.1) is 0 Å². The van der Waals surface area contributed by atoms with E-state index in [1.807, 2.05) is 32.0 Å². The first-order valence-corrected chi connectivity index (χ1v) is 8.04. The van der Waals surface area contributed by atoms with Crippen molar-refractivity contribution in [1.29, 1.82) is 0 Å². The zero-order valence-corrected chi connectivity index (χ0v) is 14.3. The van der Waals surface area contributed by atoms with Crippen molar-refractivity contribution >= 4 is 28.8 Å². The van der Waals surface area contributed by atoms with Gasteiger partial charge in [-0.2, -0.15) is 0 Å². The lowest BCUT2D eigenvalue weighted by Crippen LogP contribution is -2.23. The minimum Gasteiger partial charge on any atom is -0.335 e. The molecule has 1 atom stereocenters. The van der Waals surface area contributed by atoms with Crippen LogP contribution in [0.5, 0.6) is 0 Å². The lowest BCUT2D eigenvalue weighted by molar-refractivity contribution is -0.118. The summed E-state index contributed by atoms with van der Waals surface area (Å²) >= 11 is 0. The van der Waals surface area contributed by atoms with Gasteiger partial charge in [0.25, 0.3) is 0 Å². The summed E-state index contributed by atoms with van der Waals surface area (Å²) < 4.78 is 15.2. The first-order chi connectivity index (χ1) is 11.9. The molecule has 0 saturated carbocycles. The minimum atomic E-state index is -0.554. The Labute approximate surface area is 145 Å². The van der Waals surface area contributed by atoms with Gasteiger partial charge in [0, 0.05) is 28.4 Å². The normalized spacial score (nSPS) is 12.2. The van der Waals surface area contributed by atoms with E-state index in [0.29, 0.717) is 22.8 Å². The highest BCUT2D eigenvalue weighted by molar-refractivity contribution is 6.00. The van der Waals surface area contributed by atoms with Crippen LogP contribution in [0, 0.1) is 19.7 Å². The van der Waals surface area contributed by atoms with E-state index in [1.54, 1.807) is 23.8 Å². The summed E-state index contributed by atoms with van der Waals surface area (Å²) in [5, 5.41) is 3.43. The highest BCUT2D eigenvalue weighted by Gasteiger charge is 2.20. The minimum absolute atomic E-state index is 0.202. The number of anilines is 1. The molecule has 4 nitrogen and oxygen atoms in total. The first-order valence-electron chi connectivity index (χ1n) is 8.04. The highest BCUT2D eigenvalue weighted by Crippen LogP contribution is 2.26. The van der Waals surface area contributed by atoms with Crippen molar-refractivity contribution in [3.8, 4) is 0 Å². The summed E-state index contributed by atoms with van der Waals surface area (Å²) in [7, 11) is 0. The Balaban J connectivity index is 1.96. The number of fused-ring (bicyclic) bond motifs is 1. The fourth-order valence-electron chi connectivity index (χ4n) is 2.90. The van der Waals surface area contributed by atoms with E-state index >= 15 is 0 Å². The van der Waals surface area contributed by atoms with E-state index in [2.05, 4.69) is 5.32 Å². The molecule has 128 valence electrons. The van der Waals surface area contributed by atoms with Crippen LogP contribution < -0.4 is 5.32 Å². The Morgan fingerprint density at radius 1 is 1.20 bits per heavy atom. The number of carbonyl (C=O) groups is 2. The quantitative estimate of drug-likeness (QED) is 0.717. The third-order valence-corrected chi connectivity index (χ3v) is 4.40. The number of amides is 1. The number of nitrogens with zero attached hydrogens (tertiary/aromatic N) is 1. The molecule has 0 fully saturated rings. The molecular weight excluding hydrogens is 319 g/mol. The molecule has 1 amide bonds. The average Bonchev–Trinajstić information content (AvgIpc) is 2.95. The van der Waals surface area contributed by atoms with Crippen molar-refractivity contribution in [2.75, 3.05) is 5.32 Å². The Kier molecular flexibility index (Phi) is 4.40. The smallest absolute Gasteiger partial charge is 0.247 e.